The van der Waals surface area contributed by atoms with Gasteiger partial charge in [-0.15, -0.1) is 0 Å². The van der Waals surface area contributed by atoms with Crippen LogP contribution < -0.4 is 10.6 Å². The third-order valence-corrected chi connectivity index (χ3v) is 4.53. The van der Waals surface area contributed by atoms with E-state index in [4.69, 9.17) is 0 Å². The zero-order valence-corrected chi connectivity index (χ0v) is 14.4. The van der Waals surface area contributed by atoms with Crippen LogP contribution in [0.1, 0.15) is 43.2 Å². The minimum atomic E-state index is 0.774. The van der Waals surface area contributed by atoms with Crippen molar-refractivity contribution in [3.05, 3.63) is 59.4 Å². The number of hydrogen-bond donors (Lipinski definition) is 2. The van der Waals surface area contributed by atoms with Crippen LogP contribution in [0.25, 0.3) is 0 Å². The Bertz CT molecular complexity index is 694. The molecule has 0 aliphatic heterocycles. The molecule has 1 aromatic heterocycles. The molecule has 0 atom stereocenters. The standard InChI is InChI=1S/C20H26N4/c1-16-7-5-6-10-18(16)14-22-20-13-19(23-15-24-20)21-12-11-17-8-3-2-4-9-17/h5-8,10,13,15H,2-4,9,11-12,14H2,1H3,(H2,21,22,23,24). The van der Waals surface area contributed by atoms with Gasteiger partial charge in [0.05, 0.1) is 0 Å². The van der Waals surface area contributed by atoms with Crippen LogP contribution in [0.4, 0.5) is 11.6 Å². The summed E-state index contributed by atoms with van der Waals surface area (Å²) in [6.45, 7) is 3.83. The van der Waals surface area contributed by atoms with Crippen molar-refractivity contribution in [2.75, 3.05) is 17.2 Å². The van der Waals surface area contributed by atoms with Crippen LogP contribution in [0.5, 0.6) is 0 Å². The first-order chi connectivity index (χ1) is 11.8. The van der Waals surface area contributed by atoms with E-state index in [1.807, 2.05) is 6.07 Å². The number of aromatic nitrogens is 2. The maximum Gasteiger partial charge on any atom is 0.131 e. The van der Waals surface area contributed by atoms with Crippen molar-refractivity contribution in [1.29, 1.82) is 0 Å². The zero-order valence-electron chi connectivity index (χ0n) is 14.4. The molecule has 1 aliphatic rings. The Kier molecular flexibility index (Phi) is 5.83. The Morgan fingerprint density at radius 3 is 2.67 bits per heavy atom. The average Bonchev–Trinajstić information content (AvgIpc) is 2.62. The monoisotopic (exact) mass is 322 g/mol. The van der Waals surface area contributed by atoms with Gasteiger partial charge in [-0.05, 0) is 50.2 Å². The second-order valence-corrected chi connectivity index (χ2v) is 6.35. The second kappa shape index (κ2) is 8.48. The topological polar surface area (TPSA) is 49.8 Å². The summed E-state index contributed by atoms with van der Waals surface area (Å²) < 4.78 is 0. The number of rotatable bonds is 7. The quantitative estimate of drug-likeness (QED) is 0.726. The van der Waals surface area contributed by atoms with Crippen LogP contribution in [0.3, 0.4) is 0 Å². The van der Waals surface area contributed by atoms with Gasteiger partial charge in [0.1, 0.15) is 18.0 Å². The normalized spacial score (nSPS) is 14.1. The van der Waals surface area contributed by atoms with Crippen molar-refractivity contribution >= 4 is 11.6 Å². The first-order valence-electron chi connectivity index (χ1n) is 8.83. The number of allylic oxidation sites excluding steroid dienone is 1. The van der Waals surface area contributed by atoms with Crippen LogP contribution in [0, 0.1) is 6.92 Å². The van der Waals surface area contributed by atoms with Gasteiger partial charge in [0.2, 0.25) is 0 Å². The van der Waals surface area contributed by atoms with Crippen molar-refractivity contribution in [1.82, 2.24) is 9.97 Å². The molecule has 3 rings (SSSR count). The van der Waals surface area contributed by atoms with E-state index in [0.717, 1.165) is 31.1 Å². The Labute approximate surface area is 144 Å². The van der Waals surface area contributed by atoms with Crippen LogP contribution in [-0.2, 0) is 6.54 Å². The first-order valence-corrected chi connectivity index (χ1v) is 8.83. The molecule has 2 aromatic rings. The fourth-order valence-electron chi connectivity index (χ4n) is 3.03. The van der Waals surface area contributed by atoms with Gasteiger partial charge in [0.25, 0.3) is 0 Å². The molecule has 4 nitrogen and oxygen atoms in total. The van der Waals surface area contributed by atoms with Gasteiger partial charge in [-0.2, -0.15) is 0 Å². The summed E-state index contributed by atoms with van der Waals surface area (Å²) in [5.74, 6) is 1.74. The molecule has 4 heteroatoms. The Hall–Kier alpha value is -2.36. The van der Waals surface area contributed by atoms with E-state index in [1.165, 1.54) is 36.8 Å². The van der Waals surface area contributed by atoms with Crippen molar-refractivity contribution in [2.24, 2.45) is 0 Å². The van der Waals surface area contributed by atoms with Gasteiger partial charge in [-0.25, -0.2) is 9.97 Å². The van der Waals surface area contributed by atoms with Gasteiger partial charge in [0, 0.05) is 19.2 Å². The smallest absolute Gasteiger partial charge is 0.131 e. The fraction of sp³-hybridized carbons (Fsp3) is 0.400. The summed E-state index contributed by atoms with van der Waals surface area (Å²) in [7, 11) is 0. The summed E-state index contributed by atoms with van der Waals surface area (Å²) in [6.07, 6.45) is 10.3. The largest absolute Gasteiger partial charge is 0.370 e. The highest BCUT2D eigenvalue weighted by Crippen LogP contribution is 2.20. The number of nitrogens with zero attached hydrogens (tertiary/aromatic N) is 2. The van der Waals surface area contributed by atoms with E-state index in [9.17, 15) is 0 Å². The lowest BCUT2D eigenvalue weighted by atomic mass is 9.97. The predicted molar refractivity (Wildman–Crippen MR) is 100 cm³/mol. The highest BCUT2D eigenvalue weighted by Gasteiger charge is 2.04. The Balaban J connectivity index is 1.50. The van der Waals surface area contributed by atoms with Crippen LogP contribution in [0.15, 0.2) is 48.3 Å². The molecular weight excluding hydrogens is 296 g/mol. The maximum absolute atomic E-state index is 4.31. The van der Waals surface area contributed by atoms with Crippen molar-refractivity contribution in [2.45, 2.75) is 45.6 Å². The minimum Gasteiger partial charge on any atom is -0.370 e. The summed E-state index contributed by atoms with van der Waals surface area (Å²) in [5, 5.41) is 6.79. The summed E-state index contributed by atoms with van der Waals surface area (Å²) in [4.78, 5) is 8.62. The molecule has 1 heterocycles. The minimum absolute atomic E-state index is 0.774. The van der Waals surface area contributed by atoms with Crippen molar-refractivity contribution in [3.8, 4) is 0 Å². The molecule has 0 unspecified atom stereocenters. The van der Waals surface area contributed by atoms with Gasteiger partial charge < -0.3 is 10.6 Å². The number of nitrogens with one attached hydrogen (secondary N) is 2. The lowest BCUT2D eigenvalue weighted by Gasteiger charge is -2.13. The number of anilines is 2. The average molecular weight is 322 g/mol. The molecule has 0 saturated carbocycles. The number of aryl methyl sites for hydroxylation is 1. The Morgan fingerprint density at radius 2 is 1.88 bits per heavy atom. The number of benzene rings is 1. The van der Waals surface area contributed by atoms with Crippen molar-refractivity contribution < 1.29 is 0 Å². The van der Waals surface area contributed by atoms with Crippen LogP contribution >= 0.6 is 0 Å². The molecule has 0 radical (unpaired) electrons. The zero-order chi connectivity index (χ0) is 16.6. The molecular formula is C20H26N4. The SMILES string of the molecule is Cc1ccccc1CNc1cc(NCCC2=CCCCC2)ncn1. The fourth-order valence-corrected chi connectivity index (χ4v) is 3.03. The number of hydrogen-bond acceptors (Lipinski definition) is 4. The first kappa shape index (κ1) is 16.5. The molecule has 126 valence electrons. The highest BCUT2D eigenvalue weighted by atomic mass is 15.1. The molecule has 0 saturated heterocycles. The van der Waals surface area contributed by atoms with Gasteiger partial charge in [-0.1, -0.05) is 35.9 Å². The van der Waals surface area contributed by atoms with E-state index in [-0.39, 0.29) is 0 Å². The lowest BCUT2D eigenvalue weighted by Crippen LogP contribution is -2.08. The molecule has 2 N–H and O–H groups in total. The second-order valence-electron chi connectivity index (χ2n) is 6.35. The van der Waals surface area contributed by atoms with Gasteiger partial charge in [0.15, 0.2) is 0 Å². The molecule has 1 aromatic carbocycles. The third-order valence-electron chi connectivity index (χ3n) is 4.53. The summed E-state index contributed by atoms with van der Waals surface area (Å²) in [6, 6.07) is 10.4. The molecule has 0 amide bonds. The molecule has 1 aliphatic carbocycles. The van der Waals surface area contributed by atoms with E-state index in [2.05, 4.69) is 57.9 Å². The molecule has 0 spiro atoms. The lowest BCUT2D eigenvalue weighted by molar-refractivity contribution is 0.679. The van der Waals surface area contributed by atoms with Gasteiger partial charge in [-0.3, -0.25) is 0 Å². The van der Waals surface area contributed by atoms with Crippen LogP contribution in [0.2, 0.25) is 0 Å². The van der Waals surface area contributed by atoms with E-state index in [1.54, 1.807) is 11.9 Å². The van der Waals surface area contributed by atoms with E-state index >= 15 is 0 Å². The predicted octanol–water partition coefficient (Wildman–Crippen LogP) is 4.70. The third kappa shape index (κ3) is 4.82. The van der Waals surface area contributed by atoms with Crippen LogP contribution in [-0.4, -0.2) is 16.5 Å². The maximum atomic E-state index is 4.31. The van der Waals surface area contributed by atoms with E-state index < -0.39 is 0 Å². The highest BCUT2D eigenvalue weighted by molar-refractivity contribution is 5.47. The Morgan fingerprint density at radius 1 is 1.04 bits per heavy atom. The molecule has 0 fully saturated rings. The summed E-state index contributed by atoms with van der Waals surface area (Å²) in [5.41, 5.74) is 4.16. The summed E-state index contributed by atoms with van der Waals surface area (Å²) >= 11 is 0. The van der Waals surface area contributed by atoms with Crippen molar-refractivity contribution in [3.63, 3.8) is 0 Å². The van der Waals surface area contributed by atoms with E-state index in [0.29, 0.717) is 0 Å². The molecule has 24 heavy (non-hydrogen) atoms. The van der Waals surface area contributed by atoms with Gasteiger partial charge >= 0.3 is 0 Å². The molecule has 0 bridgehead atoms.